The minimum Gasteiger partial charge on any atom is -0.370 e. The smallest absolute Gasteiger partial charge is 0.293 e. The van der Waals surface area contributed by atoms with E-state index < -0.39 is 52.9 Å². The number of rotatable bonds is 21. The van der Waals surface area contributed by atoms with Crippen molar-refractivity contribution in [3.05, 3.63) is 53.0 Å². The molecule has 0 aromatic heterocycles. The Kier molecular flexibility index (Phi) is 16.9. The number of hydrogen-bond donors (Lipinski definition) is 7. The molecule has 15 nitrogen and oxygen atoms in total. The number of imide groups is 1. The maximum Gasteiger partial charge on any atom is 0.293 e. The lowest BCUT2D eigenvalue weighted by molar-refractivity contribution is -0.132. The van der Waals surface area contributed by atoms with Crippen LogP contribution < -0.4 is 38.9 Å². The fraction of sp³-hybridized carbons (Fsp3) is 0.469. The van der Waals surface area contributed by atoms with Crippen LogP contribution in [0.1, 0.15) is 74.2 Å². The van der Waals surface area contributed by atoms with E-state index in [1.807, 2.05) is 6.92 Å². The van der Waals surface area contributed by atoms with Crippen molar-refractivity contribution in [2.24, 2.45) is 27.9 Å². The van der Waals surface area contributed by atoms with Gasteiger partial charge in [-0.1, -0.05) is 38.0 Å². The van der Waals surface area contributed by atoms with Gasteiger partial charge in [0.1, 0.15) is 18.1 Å². The largest absolute Gasteiger partial charge is 0.370 e. The summed E-state index contributed by atoms with van der Waals surface area (Å²) in [6.45, 7) is 6.20. The highest BCUT2D eigenvalue weighted by atomic mass is 32.2. The number of primary amides is 1. The number of nitrogens with one attached hydrogen (secondary N) is 3. The second-order valence-electron chi connectivity index (χ2n) is 11.1. The van der Waals surface area contributed by atoms with Gasteiger partial charge in [-0.15, -0.1) is 6.58 Å². The first-order valence-corrected chi connectivity index (χ1v) is 16.7. The Morgan fingerprint density at radius 2 is 1.50 bits per heavy atom. The van der Waals surface area contributed by atoms with Gasteiger partial charge in [0.15, 0.2) is 5.96 Å². The number of nitrogens with two attached hydrogens (primary N) is 4. The lowest BCUT2D eigenvalue weighted by Gasteiger charge is -2.25. The summed E-state index contributed by atoms with van der Waals surface area (Å²) in [6, 6.07) is 3.28. The highest BCUT2D eigenvalue weighted by Gasteiger charge is 2.34. The van der Waals surface area contributed by atoms with Gasteiger partial charge in [0, 0.05) is 18.7 Å². The van der Waals surface area contributed by atoms with E-state index >= 15 is 0 Å². The summed E-state index contributed by atoms with van der Waals surface area (Å²) >= 11 is 0.815. The zero-order valence-corrected chi connectivity index (χ0v) is 28.1. The molecule has 6 amide bonds. The highest BCUT2D eigenvalue weighted by molar-refractivity contribution is 8.18. The zero-order valence-electron chi connectivity index (χ0n) is 27.2. The molecule has 1 heterocycles. The summed E-state index contributed by atoms with van der Waals surface area (Å²) in [6.07, 6.45) is 6.71. The number of benzene rings is 1. The number of guanidine groups is 1. The average molecular weight is 686 g/mol. The molecule has 2 rings (SSSR count). The van der Waals surface area contributed by atoms with Crippen molar-refractivity contribution in [2.45, 2.75) is 76.4 Å². The third-order valence-electron chi connectivity index (χ3n) is 7.31. The van der Waals surface area contributed by atoms with E-state index in [0.29, 0.717) is 44.2 Å². The van der Waals surface area contributed by atoms with Crippen molar-refractivity contribution in [2.75, 3.05) is 19.6 Å². The lowest BCUT2D eigenvalue weighted by atomic mass is 10.0. The van der Waals surface area contributed by atoms with Crippen molar-refractivity contribution in [3.8, 4) is 0 Å². The molecule has 0 unspecified atom stereocenters. The summed E-state index contributed by atoms with van der Waals surface area (Å²) in [7, 11) is 0. The van der Waals surface area contributed by atoms with Crippen molar-refractivity contribution in [1.29, 1.82) is 0 Å². The second kappa shape index (κ2) is 20.5. The molecule has 0 aliphatic carbocycles. The number of amides is 6. The third-order valence-corrected chi connectivity index (χ3v) is 8.22. The fourth-order valence-corrected chi connectivity index (χ4v) is 5.53. The first-order valence-electron chi connectivity index (χ1n) is 15.8. The van der Waals surface area contributed by atoms with Crippen molar-refractivity contribution < 1.29 is 28.8 Å². The standard InChI is InChI=1S/C32H47N9O6S/c1-3-5-9-22(26(34)42)38-28(44)23(10-6-7-16-33)40-29(45)24(11-8-17-37-31(35)36)39-27(43)21-14-12-20(13-15-21)19-25-30(46)41(18-4-2)32(47)48-25/h4,12-15,19,22-24H,2-3,5-11,16-18,33H2,1H3,(H2,34,42)(H,38,44)(H,39,43)(H,40,45)(H4,35,36,37)/b25-19-/t22-,23-,24-/m0/s1. The van der Waals surface area contributed by atoms with Crippen LogP contribution in [-0.4, -0.2) is 83.4 Å². The summed E-state index contributed by atoms with van der Waals surface area (Å²) < 4.78 is 0. The van der Waals surface area contributed by atoms with Crippen LogP contribution in [0.3, 0.4) is 0 Å². The molecule has 3 atom stereocenters. The first-order chi connectivity index (χ1) is 22.9. The zero-order chi connectivity index (χ0) is 35.6. The van der Waals surface area contributed by atoms with E-state index in [9.17, 15) is 28.8 Å². The van der Waals surface area contributed by atoms with Gasteiger partial charge in [-0.05, 0) is 80.6 Å². The van der Waals surface area contributed by atoms with Gasteiger partial charge < -0.3 is 38.9 Å². The van der Waals surface area contributed by atoms with E-state index in [2.05, 4.69) is 27.5 Å². The quantitative estimate of drug-likeness (QED) is 0.0315. The predicted octanol–water partition coefficient (Wildman–Crippen LogP) is 0.835. The molecule has 1 saturated heterocycles. The van der Waals surface area contributed by atoms with Gasteiger partial charge >= 0.3 is 0 Å². The van der Waals surface area contributed by atoms with Crippen molar-refractivity contribution in [1.82, 2.24) is 20.9 Å². The van der Waals surface area contributed by atoms with Gasteiger partial charge in [0.2, 0.25) is 17.7 Å². The molecule has 16 heteroatoms. The van der Waals surface area contributed by atoms with Gasteiger partial charge in [0.05, 0.1) is 4.91 Å². The Hall–Kier alpha value is -4.70. The average Bonchev–Trinajstić information content (AvgIpc) is 3.31. The molecule has 0 saturated carbocycles. The van der Waals surface area contributed by atoms with E-state index in [1.54, 1.807) is 18.2 Å². The molecule has 1 aliphatic heterocycles. The van der Waals surface area contributed by atoms with Crippen LogP contribution in [0, 0.1) is 0 Å². The maximum absolute atomic E-state index is 13.6. The highest BCUT2D eigenvalue weighted by Crippen LogP contribution is 2.32. The summed E-state index contributed by atoms with van der Waals surface area (Å²) in [5, 5.41) is 7.71. The Morgan fingerprint density at radius 1 is 0.896 bits per heavy atom. The third kappa shape index (κ3) is 12.8. The monoisotopic (exact) mass is 685 g/mol. The van der Waals surface area contributed by atoms with Gasteiger partial charge in [0.25, 0.3) is 17.1 Å². The number of carbonyl (C=O) groups is 6. The molecule has 1 aromatic carbocycles. The molecule has 1 aliphatic rings. The summed E-state index contributed by atoms with van der Waals surface area (Å²) in [5.41, 5.74) is 22.8. The van der Waals surface area contributed by atoms with E-state index in [0.717, 1.165) is 23.1 Å². The van der Waals surface area contributed by atoms with E-state index in [4.69, 9.17) is 22.9 Å². The molecule has 0 spiro atoms. The number of carbonyl (C=O) groups excluding carboxylic acids is 6. The van der Waals surface area contributed by atoms with Crippen LogP contribution >= 0.6 is 11.8 Å². The minimum absolute atomic E-state index is 0.105. The Labute approximate surface area is 284 Å². The Balaban J connectivity index is 2.22. The Bertz CT molecular complexity index is 1380. The van der Waals surface area contributed by atoms with Crippen LogP contribution in [0.15, 0.2) is 46.8 Å². The number of hydrogen-bond acceptors (Lipinski definition) is 9. The topological polar surface area (TPSA) is 258 Å². The van der Waals surface area contributed by atoms with Crippen molar-refractivity contribution >= 4 is 58.6 Å². The molecular weight excluding hydrogens is 638 g/mol. The molecule has 262 valence electrons. The van der Waals surface area contributed by atoms with Gasteiger partial charge in [-0.3, -0.25) is 38.7 Å². The van der Waals surface area contributed by atoms with Crippen LogP contribution in [0.5, 0.6) is 0 Å². The molecule has 48 heavy (non-hydrogen) atoms. The molecule has 11 N–H and O–H groups in total. The van der Waals surface area contributed by atoms with Crippen LogP contribution in [0.25, 0.3) is 6.08 Å². The minimum atomic E-state index is -1.07. The number of thioether (sulfide) groups is 1. The Morgan fingerprint density at radius 3 is 2.08 bits per heavy atom. The van der Waals surface area contributed by atoms with E-state index in [1.165, 1.54) is 18.2 Å². The predicted molar refractivity (Wildman–Crippen MR) is 186 cm³/mol. The van der Waals surface area contributed by atoms with Gasteiger partial charge in [-0.2, -0.15) is 0 Å². The summed E-state index contributed by atoms with van der Waals surface area (Å²) in [4.78, 5) is 82.0. The summed E-state index contributed by atoms with van der Waals surface area (Å²) in [5.74, 6) is -2.96. The maximum atomic E-state index is 13.6. The number of aliphatic imine (C=N–C) groups is 1. The van der Waals surface area contributed by atoms with Gasteiger partial charge in [-0.25, -0.2) is 0 Å². The first kappa shape index (κ1) is 39.5. The van der Waals surface area contributed by atoms with Crippen molar-refractivity contribution in [3.63, 3.8) is 0 Å². The molecule has 1 aromatic rings. The number of unbranched alkanes of at least 4 members (excludes halogenated alkanes) is 2. The van der Waals surface area contributed by atoms with Crippen LogP contribution in [0.4, 0.5) is 4.79 Å². The van der Waals surface area contributed by atoms with Crippen LogP contribution in [0.2, 0.25) is 0 Å². The lowest BCUT2D eigenvalue weighted by Crippen LogP contribution is -2.56. The SMILES string of the molecule is C=CCN1C(=O)S/C(=C\c2ccc(C(=O)N[C@@H](CCCN=C(N)N)C(=O)N[C@@H](CCCCN)C(=O)N[C@@H](CCCC)C(N)=O)cc2)C1=O. The molecule has 1 fully saturated rings. The molecule has 0 bridgehead atoms. The fourth-order valence-electron chi connectivity index (χ4n) is 4.68. The normalized spacial score (nSPS) is 15.4. The second-order valence-corrected chi connectivity index (χ2v) is 12.1. The van der Waals surface area contributed by atoms with Crippen LogP contribution in [-0.2, 0) is 19.2 Å². The van der Waals surface area contributed by atoms with E-state index in [-0.39, 0.29) is 42.4 Å². The molecule has 0 radical (unpaired) electrons. The number of nitrogens with zero attached hydrogens (tertiary/aromatic N) is 2. The molecular formula is C32H47N9O6S.